The minimum atomic E-state index is -0.336. The first kappa shape index (κ1) is 21.4. The summed E-state index contributed by atoms with van der Waals surface area (Å²) in [4.78, 5) is 24.5. The van der Waals surface area contributed by atoms with Crippen LogP contribution in [0.25, 0.3) is 0 Å². The summed E-state index contributed by atoms with van der Waals surface area (Å²) in [5.41, 5.74) is 2.08. The molecule has 2 aromatic carbocycles. The summed E-state index contributed by atoms with van der Waals surface area (Å²) < 4.78 is 10.5. The molecule has 150 valence electrons. The van der Waals surface area contributed by atoms with Crippen LogP contribution in [-0.4, -0.2) is 38.7 Å². The highest BCUT2D eigenvalue weighted by Gasteiger charge is 2.14. The van der Waals surface area contributed by atoms with Crippen LogP contribution in [0.1, 0.15) is 36.7 Å². The van der Waals surface area contributed by atoms with Crippen molar-refractivity contribution in [2.45, 2.75) is 26.2 Å². The molecule has 0 unspecified atom stereocenters. The smallest absolute Gasteiger partial charge is 0.262 e. The van der Waals surface area contributed by atoms with Gasteiger partial charge in [0.2, 0.25) is 0 Å². The largest absolute Gasteiger partial charge is 0.484 e. The number of carbonyl (C=O) groups excluding carboxylic acids is 2. The molecular formula is C22H28N2O4. The Bertz CT molecular complexity index is 795. The Labute approximate surface area is 166 Å². The predicted octanol–water partition coefficient (Wildman–Crippen LogP) is 3.38. The summed E-state index contributed by atoms with van der Waals surface area (Å²) in [5.74, 6) is 0.0115. The van der Waals surface area contributed by atoms with E-state index in [1.165, 1.54) is 5.56 Å². The lowest BCUT2D eigenvalue weighted by Gasteiger charge is -2.19. The van der Waals surface area contributed by atoms with E-state index in [9.17, 15) is 9.59 Å². The maximum atomic E-state index is 12.3. The standard InChI is InChI=1S/C22H28N2O4/c1-22(2,3)16-9-11-17(12-10-16)28-15-20(25)24-19-8-6-5-7-18(19)21(26)23-13-14-27-4/h5-12H,13-15H2,1-4H3,(H,23,26)(H,24,25). The summed E-state index contributed by atoms with van der Waals surface area (Å²) in [6.07, 6.45) is 0. The molecule has 2 amide bonds. The second-order valence-electron chi connectivity index (χ2n) is 7.41. The SMILES string of the molecule is COCCNC(=O)c1ccccc1NC(=O)COc1ccc(C(C)(C)C)cc1. The lowest BCUT2D eigenvalue weighted by molar-refractivity contribution is -0.118. The summed E-state index contributed by atoms with van der Waals surface area (Å²) >= 11 is 0. The van der Waals surface area contributed by atoms with Gasteiger partial charge in [-0.05, 0) is 35.2 Å². The van der Waals surface area contributed by atoms with E-state index in [0.717, 1.165) is 0 Å². The highest BCUT2D eigenvalue weighted by atomic mass is 16.5. The average molecular weight is 384 g/mol. The van der Waals surface area contributed by atoms with Crippen LogP contribution < -0.4 is 15.4 Å². The van der Waals surface area contributed by atoms with Gasteiger partial charge < -0.3 is 20.1 Å². The van der Waals surface area contributed by atoms with Gasteiger partial charge in [-0.2, -0.15) is 0 Å². The molecule has 0 atom stereocenters. The van der Waals surface area contributed by atoms with Crippen molar-refractivity contribution in [3.05, 3.63) is 59.7 Å². The summed E-state index contributed by atoms with van der Waals surface area (Å²) in [7, 11) is 1.57. The van der Waals surface area contributed by atoms with Crippen LogP contribution in [0.3, 0.4) is 0 Å². The van der Waals surface area contributed by atoms with Gasteiger partial charge in [0.05, 0.1) is 17.9 Å². The van der Waals surface area contributed by atoms with Gasteiger partial charge in [-0.25, -0.2) is 0 Å². The Hall–Kier alpha value is -2.86. The zero-order chi connectivity index (χ0) is 20.6. The summed E-state index contributed by atoms with van der Waals surface area (Å²) in [6.45, 7) is 7.08. The third-order valence-electron chi connectivity index (χ3n) is 4.13. The molecule has 0 saturated carbocycles. The first-order valence-corrected chi connectivity index (χ1v) is 9.20. The van der Waals surface area contributed by atoms with E-state index in [0.29, 0.717) is 30.2 Å². The van der Waals surface area contributed by atoms with E-state index >= 15 is 0 Å². The van der Waals surface area contributed by atoms with Crippen molar-refractivity contribution in [2.75, 3.05) is 32.2 Å². The van der Waals surface area contributed by atoms with Crippen molar-refractivity contribution >= 4 is 17.5 Å². The quantitative estimate of drug-likeness (QED) is 0.684. The molecule has 0 fully saturated rings. The van der Waals surface area contributed by atoms with Crippen LogP contribution in [0.2, 0.25) is 0 Å². The van der Waals surface area contributed by atoms with Crippen molar-refractivity contribution in [3.8, 4) is 5.75 Å². The molecule has 0 saturated heterocycles. The Balaban J connectivity index is 1.93. The number of amides is 2. The first-order chi connectivity index (χ1) is 13.3. The van der Waals surface area contributed by atoms with E-state index in [4.69, 9.17) is 9.47 Å². The number of rotatable bonds is 8. The fourth-order valence-electron chi connectivity index (χ4n) is 2.54. The average Bonchev–Trinajstić information content (AvgIpc) is 2.66. The molecule has 0 heterocycles. The highest BCUT2D eigenvalue weighted by molar-refractivity contribution is 6.04. The van der Waals surface area contributed by atoms with Crippen molar-refractivity contribution in [1.29, 1.82) is 0 Å². The van der Waals surface area contributed by atoms with Crippen molar-refractivity contribution in [1.82, 2.24) is 5.32 Å². The number of ether oxygens (including phenoxy) is 2. The second-order valence-corrected chi connectivity index (χ2v) is 7.41. The molecule has 0 spiro atoms. The highest BCUT2D eigenvalue weighted by Crippen LogP contribution is 2.24. The van der Waals surface area contributed by atoms with Crippen molar-refractivity contribution < 1.29 is 19.1 Å². The van der Waals surface area contributed by atoms with Crippen LogP contribution >= 0.6 is 0 Å². The van der Waals surface area contributed by atoms with Crippen LogP contribution in [0, 0.1) is 0 Å². The van der Waals surface area contributed by atoms with Gasteiger partial charge in [0.1, 0.15) is 5.75 Å². The number of anilines is 1. The molecule has 6 nitrogen and oxygen atoms in total. The van der Waals surface area contributed by atoms with Crippen molar-refractivity contribution in [3.63, 3.8) is 0 Å². The monoisotopic (exact) mass is 384 g/mol. The first-order valence-electron chi connectivity index (χ1n) is 9.20. The molecule has 0 aliphatic rings. The molecule has 0 aliphatic carbocycles. The van der Waals surface area contributed by atoms with Crippen LogP contribution in [-0.2, 0) is 14.9 Å². The van der Waals surface area contributed by atoms with E-state index < -0.39 is 0 Å². The van der Waals surface area contributed by atoms with Crippen LogP contribution in [0.15, 0.2) is 48.5 Å². The zero-order valence-corrected chi connectivity index (χ0v) is 16.9. The normalized spacial score (nSPS) is 11.0. The van der Waals surface area contributed by atoms with Gasteiger partial charge in [-0.3, -0.25) is 9.59 Å². The Morgan fingerprint density at radius 3 is 2.32 bits per heavy atom. The van der Waals surface area contributed by atoms with Gasteiger partial charge in [-0.15, -0.1) is 0 Å². The number of para-hydroxylation sites is 1. The molecule has 0 bridgehead atoms. The van der Waals surface area contributed by atoms with Gasteiger partial charge in [0, 0.05) is 13.7 Å². The molecule has 0 aromatic heterocycles. The lowest BCUT2D eigenvalue weighted by Crippen LogP contribution is -2.28. The number of carbonyl (C=O) groups is 2. The van der Waals surface area contributed by atoms with E-state index in [1.807, 2.05) is 24.3 Å². The maximum Gasteiger partial charge on any atom is 0.262 e. The van der Waals surface area contributed by atoms with Gasteiger partial charge >= 0.3 is 0 Å². The van der Waals surface area contributed by atoms with Gasteiger partial charge in [-0.1, -0.05) is 45.0 Å². The molecule has 28 heavy (non-hydrogen) atoms. The Morgan fingerprint density at radius 2 is 1.68 bits per heavy atom. The molecule has 0 radical (unpaired) electrons. The fourth-order valence-corrected chi connectivity index (χ4v) is 2.54. The van der Waals surface area contributed by atoms with Gasteiger partial charge in [0.25, 0.3) is 11.8 Å². The van der Waals surface area contributed by atoms with E-state index in [-0.39, 0.29) is 23.8 Å². The summed E-state index contributed by atoms with van der Waals surface area (Å²) in [6, 6.07) is 14.5. The maximum absolute atomic E-state index is 12.3. The lowest BCUT2D eigenvalue weighted by atomic mass is 9.87. The van der Waals surface area contributed by atoms with Crippen LogP contribution in [0.5, 0.6) is 5.75 Å². The third-order valence-corrected chi connectivity index (χ3v) is 4.13. The fraction of sp³-hybridized carbons (Fsp3) is 0.364. The molecule has 2 aromatic rings. The molecule has 6 heteroatoms. The molecular weight excluding hydrogens is 356 g/mol. The van der Waals surface area contributed by atoms with Gasteiger partial charge in [0.15, 0.2) is 6.61 Å². The number of benzene rings is 2. The number of hydrogen-bond donors (Lipinski definition) is 2. The Kier molecular flexibility index (Phi) is 7.58. The summed E-state index contributed by atoms with van der Waals surface area (Å²) in [5, 5.41) is 5.47. The third kappa shape index (κ3) is 6.39. The minimum Gasteiger partial charge on any atom is -0.484 e. The predicted molar refractivity (Wildman–Crippen MR) is 110 cm³/mol. The number of nitrogens with one attached hydrogen (secondary N) is 2. The number of hydrogen-bond acceptors (Lipinski definition) is 4. The molecule has 0 aliphatic heterocycles. The molecule has 2 N–H and O–H groups in total. The van der Waals surface area contributed by atoms with Crippen LogP contribution in [0.4, 0.5) is 5.69 Å². The second kappa shape index (κ2) is 9.90. The van der Waals surface area contributed by atoms with E-state index in [1.54, 1.807) is 31.4 Å². The minimum absolute atomic E-state index is 0.0590. The zero-order valence-electron chi connectivity index (χ0n) is 16.9. The van der Waals surface area contributed by atoms with E-state index in [2.05, 4.69) is 31.4 Å². The number of methoxy groups -OCH3 is 1. The topological polar surface area (TPSA) is 76.7 Å². The Morgan fingerprint density at radius 1 is 1.00 bits per heavy atom. The molecule has 2 rings (SSSR count). The van der Waals surface area contributed by atoms with Crippen molar-refractivity contribution in [2.24, 2.45) is 0 Å².